The van der Waals surface area contributed by atoms with Gasteiger partial charge in [0, 0.05) is 26.1 Å². The maximum Gasteiger partial charge on any atom is 0.211 e. The molecule has 0 aromatic heterocycles. The van der Waals surface area contributed by atoms with Crippen LogP contribution in [0.25, 0.3) is 0 Å². The number of unbranched alkanes of at least 4 members (excludes halogenated alkanes) is 1. The molecule has 7 heteroatoms. The number of alkyl halides is 1. The Bertz CT molecular complexity index is 259. The van der Waals surface area contributed by atoms with Crippen LogP contribution in [0.4, 0.5) is 0 Å². The summed E-state index contributed by atoms with van der Waals surface area (Å²) >= 11 is 5.43. The third kappa shape index (κ3) is 12.4. The number of nitrogens with one attached hydrogen (secondary N) is 1. The Labute approximate surface area is 109 Å². The minimum absolute atomic E-state index is 0.0981. The highest BCUT2D eigenvalue weighted by molar-refractivity contribution is 7.89. The molecule has 0 atom stereocenters. The first kappa shape index (κ1) is 17.1. The molecule has 1 N–H and O–H groups in total. The Morgan fingerprint density at radius 3 is 2.53 bits per heavy atom. The first-order valence-corrected chi connectivity index (χ1v) is 7.91. The van der Waals surface area contributed by atoms with E-state index in [1.54, 1.807) is 7.11 Å². The van der Waals surface area contributed by atoms with E-state index < -0.39 is 10.0 Å². The Balaban J connectivity index is 3.32. The van der Waals surface area contributed by atoms with E-state index in [9.17, 15) is 8.42 Å². The zero-order valence-electron chi connectivity index (χ0n) is 10.3. The molecule has 0 radical (unpaired) electrons. The Morgan fingerprint density at radius 2 is 1.88 bits per heavy atom. The van der Waals surface area contributed by atoms with Gasteiger partial charge in [0.05, 0.1) is 19.0 Å². The quantitative estimate of drug-likeness (QED) is 0.429. The fraction of sp³-hybridized carbons (Fsp3) is 1.00. The highest BCUT2D eigenvalue weighted by Gasteiger charge is 2.07. The first-order chi connectivity index (χ1) is 8.12. The zero-order valence-corrected chi connectivity index (χ0v) is 11.9. The Hall–Kier alpha value is 0.120. The van der Waals surface area contributed by atoms with Crippen LogP contribution in [-0.2, 0) is 19.5 Å². The smallest absolute Gasteiger partial charge is 0.211 e. The predicted molar refractivity (Wildman–Crippen MR) is 69.1 cm³/mol. The molecule has 0 aliphatic heterocycles. The first-order valence-electron chi connectivity index (χ1n) is 5.72. The van der Waals surface area contributed by atoms with E-state index in [-0.39, 0.29) is 5.75 Å². The van der Waals surface area contributed by atoms with Crippen molar-refractivity contribution in [3.05, 3.63) is 0 Å². The molecule has 0 amide bonds. The van der Waals surface area contributed by atoms with E-state index in [4.69, 9.17) is 21.1 Å². The number of halogens is 1. The van der Waals surface area contributed by atoms with Gasteiger partial charge in [-0.25, -0.2) is 13.1 Å². The summed E-state index contributed by atoms with van der Waals surface area (Å²) in [4.78, 5) is 0. The third-order valence-electron chi connectivity index (χ3n) is 2.02. The van der Waals surface area contributed by atoms with Gasteiger partial charge >= 0.3 is 0 Å². The SMILES string of the molecule is COCCOCCCCNS(=O)(=O)CCCCl. The summed E-state index contributed by atoms with van der Waals surface area (Å²) in [5.41, 5.74) is 0. The summed E-state index contributed by atoms with van der Waals surface area (Å²) in [7, 11) is -1.52. The molecule has 0 spiro atoms. The molecular weight excluding hydrogens is 266 g/mol. The molecule has 0 aromatic carbocycles. The molecule has 17 heavy (non-hydrogen) atoms. The third-order valence-corrected chi connectivity index (χ3v) is 3.75. The van der Waals surface area contributed by atoms with Crippen molar-refractivity contribution in [2.45, 2.75) is 19.3 Å². The monoisotopic (exact) mass is 287 g/mol. The van der Waals surface area contributed by atoms with E-state index in [1.165, 1.54) is 0 Å². The van der Waals surface area contributed by atoms with Gasteiger partial charge in [-0.1, -0.05) is 0 Å². The van der Waals surface area contributed by atoms with Crippen molar-refractivity contribution < 1.29 is 17.9 Å². The van der Waals surface area contributed by atoms with Gasteiger partial charge in [-0.3, -0.25) is 0 Å². The fourth-order valence-electron chi connectivity index (χ4n) is 1.12. The Morgan fingerprint density at radius 1 is 1.12 bits per heavy atom. The number of ether oxygens (including phenoxy) is 2. The number of rotatable bonds is 12. The van der Waals surface area contributed by atoms with Crippen molar-refractivity contribution in [2.24, 2.45) is 0 Å². The van der Waals surface area contributed by atoms with Crippen LogP contribution in [0, 0.1) is 0 Å². The fourth-order valence-corrected chi connectivity index (χ4v) is 2.53. The van der Waals surface area contributed by atoms with Gasteiger partial charge in [0.15, 0.2) is 0 Å². The van der Waals surface area contributed by atoms with Gasteiger partial charge in [-0.15, -0.1) is 11.6 Å². The lowest BCUT2D eigenvalue weighted by Crippen LogP contribution is -2.27. The summed E-state index contributed by atoms with van der Waals surface area (Å²) in [5, 5.41) is 0. The second-order valence-corrected chi connectivity index (χ2v) is 5.87. The van der Waals surface area contributed by atoms with Crippen LogP contribution in [0.15, 0.2) is 0 Å². The molecular formula is C10H22ClNO4S. The lowest BCUT2D eigenvalue weighted by Gasteiger charge is -2.06. The van der Waals surface area contributed by atoms with Gasteiger partial charge in [0.25, 0.3) is 0 Å². The summed E-state index contributed by atoms with van der Waals surface area (Å²) < 4.78 is 35.3. The van der Waals surface area contributed by atoms with Crippen LogP contribution in [0.5, 0.6) is 0 Å². The molecule has 0 fully saturated rings. The van der Waals surface area contributed by atoms with Crippen LogP contribution in [-0.4, -0.2) is 53.5 Å². The van der Waals surface area contributed by atoms with Crippen LogP contribution in [0.2, 0.25) is 0 Å². The lowest BCUT2D eigenvalue weighted by molar-refractivity contribution is 0.0689. The molecule has 0 aromatic rings. The highest BCUT2D eigenvalue weighted by atomic mass is 35.5. The normalized spacial score (nSPS) is 11.9. The van der Waals surface area contributed by atoms with Crippen molar-refractivity contribution >= 4 is 21.6 Å². The van der Waals surface area contributed by atoms with Gasteiger partial charge in [0.1, 0.15) is 0 Å². The standard InChI is InChI=1S/C10H22ClNO4S/c1-15-8-9-16-7-3-2-6-12-17(13,14)10-4-5-11/h12H,2-10H2,1H3. The molecule has 0 heterocycles. The predicted octanol–water partition coefficient (Wildman–Crippen LogP) is 0.978. The molecule has 0 aliphatic carbocycles. The van der Waals surface area contributed by atoms with Gasteiger partial charge in [-0.2, -0.15) is 0 Å². The molecule has 0 saturated heterocycles. The van der Waals surface area contributed by atoms with E-state index >= 15 is 0 Å². The van der Waals surface area contributed by atoms with E-state index in [0.29, 0.717) is 38.7 Å². The van der Waals surface area contributed by atoms with Crippen LogP contribution in [0.1, 0.15) is 19.3 Å². The highest BCUT2D eigenvalue weighted by Crippen LogP contribution is 1.94. The molecule has 5 nitrogen and oxygen atoms in total. The molecule has 104 valence electrons. The topological polar surface area (TPSA) is 64.6 Å². The lowest BCUT2D eigenvalue weighted by atomic mass is 10.3. The maximum atomic E-state index is 11.3. The zero-order chi connectivity index (χ0) is 13.0. The van der Waals surface area contributed by atoms with E-state index in [1.807, 2.05) is 0 Å². The number of hydrogen-bond acceptors (Lipinski definition) is 4. The molecule has 0 bridgehead atoms. The largest absolute Gasteiger partial charge is 0.382 e. The minimum atomic E-state index is -3.14. The van der Waals surface area contributed by atoms with Crippen LogP contribution < -0.4 is 4.72 Å². The molecule has 0 saturated carbocycles. The van der Waals surface area contributed by atoms with Crippen molar-refractivity contribution in [3.8, 4) is 0 Å². The maximum absolute atomic E-state index is 11.3. The van der Waals surface area contributed by atoms with E-state index in [0.717, 1.165) is 12.8 Å². The van der Waals surface area contributed by atoms with Crippen LogP contribution >= 0.6 is 11.6 Å². The van der Waals surface area contributed by atoms with Crippen LogP contribution in [0.3, 0.4) is 0 Å². The molecule has 0 rings (SSSR count). The minimum Gasteiger partial charge on any atom is -0.382 e. The van der Waals surface area contributed by atoms with Gasteiger partial charge < -0.3 is 9.47 Å². The summed E-state index contributed by atoms with van der Waals surface area (Å²) in [6.07, 6.45) is 2.09. The summed E-state index contributed by atoms with van der Waals surface area (Å²) in [6.45, 7) is 2.26. The second-order valence-electron chi connectivity index (χ2n) is 3.57. The van der Waals surface area contributed by atoms with Gasteiger partial charge in [-0.05, 0) is 19.3 Å². The molecule has 0 aliphatic rings. The van der Waals surface area contributed by atoms with Crippen molar-refractivity contribution in [1.29, 1.82) is 0 Å². The van der Waals surface area contributed by atoms with Crippen molar-refractivity contribution in [1.82, 2.24) is 4.72 Å². The molecule has 0 unspecified atom stereocenters. The summed E-state index contributed by atoms with van der Waals surface area (Å²) in [6, 6.07) is 0. The Kier molecular flexibility index (Phi) is 11.3. The number of methoxy groups -OCH3 is 1. The van der Waals surface area contributed by atoms with Crippen molar-refractivity contribution in [3.63, 3.8) is 0 Å². The summed E-state index contributed by atoms with van der Waals surface area (Å²) in [5.74, 6) is 0.467. The number of sulfonamides is 1. The average Bonchev–Trinajstić information content (AvgIpc) is 2.30. The average molecular weight is 288 g/mol. The van der Waals surface area contributed by atoms with Gasteiger partial charge in [0.2, 0.25) is 10.0 Å². The van der Waals surface area contributed by atoms with Crippen molar-refractivity contribution in [2.75, 3.05) is 45.1 Å². The number of hydrogen-bond donors (Lipinski definition) is 1. The second kappa shape index (κ2) is 11.2. The van der Waals surface area contributed by atoms with E-state index in [2.05, 4.69) is 4.72 Å².